The van der Waals surface area contributed by atoms with E-state index >= 15 is 0 Å². The number of ether oxygens (including phenoxy) is 1. The number of carbonyl (C=O) groups excluding carboxylic acids is 2. The van der Waals surface area contributed by atoms with Crippen molar-refractivity contribution < 1.29 is 14.3 Å². The lowest BCUT2D eigenvalue weighted by Crippen LogP contribution is -2.50. The molecule has 0 aliphatic rings. The summed E-state index contributed by atoms with van der Waals surface area (Å²) >= 11 is 0. The van der Waals surface area contributed by atoms with Crippen LogP contribution < -0.4 is 10.1 Å². The zero-order chi connectivity index (χ0) is 21.6. The van der Waals surface area contributed by atoms with Crippen LogP contribution in [0.15, 0.2) is 42.5 Å². The average molecular weight is 397 g/mol. The Balaban J connectivity index is 2.16. The van der Waals surface area contributed by atoms with Gasteiger partial charge in [0.15, 0.2) is 6.61 Å². The molecular formula is C24H32N2O3. The second-order valence-corrected chi connectivity index (χ2v) is 7.90. The van der Waals surface area contributed by atoms with Crippen molar-refractivity contribution in [1.82, 2.24) is 10.2 Å². The molecule has 0 aliphatic heterocycles. The molecule has 0 heterocycles. The summed E-state index contributed by atoms with van der Waals surface area (Å²) < 4.78 is 5.78. The second kappa shape index (κ2) is 10.1. The van der Waals surface area contributed by atoms with Crippen LogP contribution in [0.25, 0.3) is 0 Å². The molecule has 2 aromatic carbocycles. The van der Waals surface area contributed by atoms with Gasteiger partial charge in [0, 0.05) is 12.6 Å². The fourth-order valence-electron chi connectivity index (χ4n) is 3.06. The Morgan fingerprint density at radius 3 is 2.17 bits per heavy atom. The summed E-state index contributed by atoms with van der Waals surface area (Å²) in [4.78, 5) is 27.2. The number of rotatable bonds is 8. The van der Waals surface area contributed by atoms with Crippen molar-refractivity contribution >= 4 is 11.8 Å². The lowest BCUT2D eigenvalue weighted by molar-refractivity contribution is -0.142. The number of carbonyl (C=O) groups is 2. The predicted molar refractivity (Wildman–Crippen MR) is 116 cm³/mol. The molecule has 1 atom stereocenters. The normalized spacial score (nSPS) is 11.8. The van der Waals surface area contributed by atoms with Crippen LogP contribution in [-0.4, -0.2) is 35.4 Å². The van der Waals surface area contributed by atoms with Gasteiger partial charge in [0.2, 0.25) is 5.91 Å². The molecule has 2 aromatic rings. The Morgan fingerprint density at radius 1 is 0.966 bits per heavy atom. The number of nitrogens with zero attached hydrogens (tertiary/aromatic N) is 1. The molecule has 2 amide bonds. The largest absolute Gasteiger partial charge is 0.483 e. The Labute approximate surface area is 174 Å². The van der Waals surface area contributed by atoms with Gasteiger partial charge in [-0.05, 0) is 58.7 Å². The van der Waals surface area contributed by atoms with E-state index in [9.17, 15) is 9.59 Å². The highest BCUT2D eigenvalue weighted by Crippen LogP contribution is 2.19. The van der Waals surface area contributed by atoms with E-state index in [1.165, 1.54) is 0 Å². The van der Waals surface area contributed by atoms with Crippen molar-refractivity contribution in [1.29, 1.82) is 0 Å². The fraction of sp³-hybridized carbons (Fsp3) is 0.417. The minimum atomic E-state index is -0.603. The first-order valence-electron chi connectivity index (χ1n) is 10.0. The van der Waals surface area contributed by atoms with Crippen LogP contribution in [-0.2, 0) is 16.1 Å². The third-order valence-corrected chi connectivity index (χ3v) is 4.75. The van der Waals surface area contributed by atoms with E-state index in [2.05, 4.69) is 5.32 Å². The molecule has 1 N–H and O–H groups in total. The van der Waals surface area contributed by atoms with Crippen LogP contribution in [0.3, 0.4) is 0 Å². The number of hydrogen-bond donors (Lipinski definition) is 1. The van der Waals surface area contributed by atoms with Crippen molar-refractivity contribution in [3.8, 4) is 5.75 Å². The number of aryl methyl sites for hydroxylation is 3. The molecular weight excluding hydrogens is 364 g/mol. The Morgan fingerprint density at radius 2 is 1.59 bits per heavy atom. The highest BCUT2D eigenvalue weighted by molar-refractivity contribution is 5.88. The standard InChI is InChI=1S/C24H32N2O3/c1-16(2)25-24(28)20(6)26(14-21-10-7-17(3)8-11-21)23(27)15-29-22-12-9-18(4)13-19(22)5/h7-13,16,20H,14-15H2,1-6H3,(H,25,28). The monoisotopic (exact) mass is 396 g/mol. The van der Waals surface area contributed by atoms with Gasteiger partial charge in [-0.15, -0.1) is 0 Å². The molecule has 5 nitrogen and oxygen atoms in total. The number of benzene rings is 2. The van der Waals surface area contributed by atoms with Gasteiger partial charge in [-0.1, -0.05) is 47.5 Å². The summed E-state index contributed by atoms with van der Waals surface area (Å²) in [5, 5.41) is 2.89. The smallest absolute Gasteiger partial charge is 0.261 e. The van der Waals surface area contributed by atoms with E-state index in [1.807, 2.05) is 77.1 Å². The summed E-state index contributed by atoms with van der Waals surface area (Å²) in [5.74, 6) is 0.280. The maximum absolute atomic E-state index is 13.0. The Hall–Kier alpha value is -2.82. The van der Waals surface area contributed by atoms with Crippen molar-refractivity contribution in [3.63, 3.8) is 0 Å². The highest BCUT2D eigenvalue weighted by atomic mass is 16.5. The van der Waals surface area contributed by atoms with Crippen LogP contribution in [0, 0.1) is 20.8 Å². The zero-order valence-corrected chi connectivity index (χ0v) is 18.3. The quantitative estimate of drug-likeness (QED) is 0.735. The molecule has 0 aliphatic carbocycles. The second-order valence-electron chi connectivity index (χ2n) is 7.90. The van der Waals surface area contributed by atoms with Crippen LogP contribution in [0.5, 0.6) is 5.75 Å². The first-order valence-corrected chi connectivity index (χ1v) is 10.0. The third-order valence-electron chi connectivity index (χ3n) is 4.75. The van der Waals surface area contributed by atoms with Gasteiger partial charge < -0.3 is 15.0 Å². The van der Waals surface area contributed by atoms with Crippen LogP contribution >= 0.6 is 0 Å². The lowest BCUT2D eigenvalue weighted by Gasteiger charge is -2.29. The Bertz CT molecular complexity index is 844. The minimum Gasteiger partial charge on any atom is -0.483 e. The van der Waals surface area contributed by atoms with Crippen molar-refractivity contribution in [2.75, 3.05) is 6.61 Å². The summed E-state index contributed by atoms with van der Waals surface area (Å²) in [6.07, 6.45) is 0. The van der Waals surface area contributed by atoms with Gasteiger partial charge >= 0.3 is 0 Å². The molecule has 0 spiro atoms. The minimum absolute atomic E-state index is 0.00716. The zero-order valence-electron chi connectivity index (χ0n) is 18.3. The third kappa shape index (κ3) is 6.63. The van der Waals surface area contributed by atoms with Crippen LogP contribution in [0.1, 0.15) is 43.0 Å². The maximum atomic E-state index is 13.0. The molecule has 0 fully saturated rings. The summed E-state index contributed by atoms with van der Waals surface area (Å²) in [5.41, 5.74) is 4.24. The SMILES string of the molecule is Cc1ccc(CN(C(=O)COc2ccc(C)cc2C)C(C)C(=O)NC(C)C)cc1. The average Bonchev–Trinajstić information content (AvgIpc) is 2.65. The molecule has 0 saturated heterocycles. The van der Waals surface area contributed by atoms with Gasteiger partial charge in [0.05, 0.1) is 0 Å². The van der Waals surface area contributed by atoms with Crippen molar-refractivity contribution in [3.05, 3.63) is 64.7 Å². The van der Waals surface area contributed by atoms with Gasteiger partial charge in [0.1, 0.15) is 11.8 Å². The Kier molecular flexibility index (Phi) is 7.82. The van der Waals surface area contributed by atoms with Gasteiger partial charge in [-0.3, -0.25) is 9.59 Å². The predicted octanol–water partition coefficient (Wildman–Crippen LogP) is 3.93. The number of amides is 2. The van der Waals surface area contributed by atoms with E-state index < -0.39 is 6.04 Å². The van der Waals surface area contributed by atoms with Gasteiger partial charge in [-0.25, -0.2) is 0 Å². The van der Waals surface area contributed by atoms with E-state index in [4.69, 9.17) is 4.74 Å². The molecule has 1 unspecified atom stereocenters. The summed E-state index contributed by atoms with van der Waals surface area (Å²) in [6, 6.07) is 13.2. The molecule has 0 radical (unpaired) electrons. The molecule has 2 rings (SSSR count). The summed E-state index contributed by atoms with van der Waals surface area (Å²) in [6.45, 7) is 11.8. The molecule has 0 saturated carbocycles. The van der Waals surface area contributed by atoms with Gasteiger partial charge in [-0.2, -0.15) is 0 Å². The first-order chi connectivity index (χ1) is 13.7. The maximum Gasteiger partial charge on any atom is 0.261 e. The van der Waals surface area contributed by atoms with E-state index in [-0.39, 0.29) is 24.5 Å². The van der Waals surface area contributed by atoms with E-state index in [1.54, 1.807) is 11.8 Å². The number of hydrogen-bond acceptors (Lipinski definition) is 3. The topological polar surface area (TPSA) is 58.6 Å². The molecule has 5 heteroatoms. The van der Waals surface area contributed by atoms with Crippen molar-refractivity contribution in [2.24, 2.45) is 0 Å². The van der Waals surface area contributed by atoms with E-state index in [0.717, 1.165) is 22.3 Å². The lowest BCUT2D eigenvalue weighted by atomic mass is 10.1. The van der Waals surface area contributed by atoms with Crippen LogP contribution in [0.4, 0.5) is 0 Å². The first kappa shape index (κ1) is 22.5. The molecule has 0 aromatic heterocycles. The highest BCUT2D eigenvalue weighted by Gasteiger charge is 2.27. The van der Waals surface area contributed by atoms with E-state index in [0.29, 0.717) is 12.3 Å². The summed E-state index contributed by atoms with van der Waals surface area (Å²) in [7, 11) is 0. The van der Waals surface area contributed by atoms with Crippen molar-refractivity contribution in [2.45, 2.75) is 60.2 Å². The number of nitrogens with one attached hydrogen (secondary N) is 1. The molecule has 29 heavy (non-hydrogen) atoms. The molecule has 0 bridgehead atoms. The molecule has 156 valence electrons. The van der Waals surface area contributed by atoms with Crippen LogP contribution in [0.2, 0.25) is 0 Å². The van der Waals surface area contributed by atoms with Gasteiger partial charge in [0.25, 0.3) is 5.91 Å². The fourth-order valence-corrected chi connectivity index (χ4v) is 3.06.